The molecule has 2 amide bonds. The van der Waals surface area contributed by atoms with Gasteiger partial charge in [0.05, 0.1) is 12.1 Å². The zero-order valence-corrected chi connectivity index (χ0v) is 15.0. The molecule has 7 heteroatoms. The van der Waals surface area contributed by atoms with Crippen LogP contribution in [-0.4, -0.2) is 58.3 Å². The molecule has 0 bridgehead atoms. The predicted octanol–water partition coefficient (Wildman–Crippen LogP) is 1.15. The Morgan fingerprint density at radius 3 is 2.56 bits per heavy atom. The van der Waals surface area contributed by atoms with Crippen molar-refractivity contribution in [3.05, 3.63) is 0 Å². The Hall–Kier alpha value is -1.79. The molecule has 3 atom stereocenters. The van der Waals surface area contributed by atoms with Gasteiger partial charge in [-0.05, 0) is 32.6 Å². The number of carbonyl (C=O) groups is 2. The zero-order chi connectivity index (χ0) is 17.4. The molecular formula is C18H29N5O2. The Morgan fingerprint density at radius 2 is 1.80 bits per heavy atom. The van der Waals surface area contributed by atoms with Crippen LogP contribution in [-0.2, 0) is 9.59 Å². The van der Waals surface area contributed by atoms with Crippen molar-refractivity contribution in [3.8, 4) is 0 Å². The normalized spacial score (nSPS) is 32.6. The summed E-state index contributed by atoms with van der Waals surface area (Å²) in [5.41, 5.74) is 2.97. The van der Waals surface area contributed by atoms with Crippen LogP contribution in [0, 0.1) is 0 Å². The second-order valence-electron chi connectivity index (χ2n) is 7.89. The molecule has 4 aliphatic rings. The van der Waals surface area contributed by atoms with E-state index in [9.17, 15) is 9.59 Å². The molecule has 0 aromatic rings. The molecule has 3 fully saturated rings. The quantitative estimate of drug-likeness (QED) is 0.803. The van der Waals surface area contributed by atoms with Crippen LogP contribution in [0.15, 0.2) is 5.10 Å². The molecule has 7 nitrogen and oxygen atoms in total. The number of hydrazone groups is 1. The highest BCUT2D eigenvalue weighted by Gasteiger charge is 2.50. The first-order valence-electron chi connectivity index (χ1n) is 9.83. The molecule has 138 valence electrons. The molecule has 2 aliphatic carbocycles. The lowest BCUT2D eigenvalue weighted by molar-refractivity contribution is -0.152. The lowest BCUT2D eigenvalue weighted by atomic mass is 9.85. The number of amidine groups is 1. The Morgan fingerprint density at radius 1 is 1.12 bits per heavy atom. The molecule has 3 unspecified atom stereocenters. The van der Waals surface area contributed by atoms with Gasteiger partial charge in [-0.1, -0.05) is 32.1 Å². The lowest BCUT2D eigenvalue weighted by Crippen LogP contribution is -2.69. The minimum atomic E-state index is -0.429. The van der Waals surface area contributed by atoms with Gasteiger partial charge < -0.3 is 15.1 Å². The molecule has 4 rings (SSSR count). The van der Waals surface area contributed by atoms with Crippen LogP contribution in [0.4, 0.5) is 0 Å². The molecule has 0 radical (unpaired) electrons. The number of piperazine rings is 1. The summed E-state index contributed by atoms with van der Waals surface area (Å²) in [4.78, 5) is 29.6. The van der Waals surface area contributed by atoms with Crippen LogP contribution < -0.4 is 10.7 Å². The number of amides is 2. The molecule has 2 saturated carbocycles. The number of carbonyl (C=O) groups excluding carboxylic acids is 2. The maximum Gasteiger partial charge on any atom is 0.268 e. The van der Waals surface area contributed by atoms with Crippen LogP contribution >= 0.6 is 0 Å². The van der Waals surface area contributed by atoms with E-state index >= 15 is 0 Å². The third-order valence-corrected chi connectivity index (χ3v) is 6.25. The Labute approximate surface area is 149 Å². The van der Waals surface area contributed by atoms with Gasteiger partial charge in [-0.3, -0.25) is 15.0 Å². The van der Waals surface area contributed by atoms with Crippen molar-refractivity contribution >= 4 is 17.6 Å². The second-order valence-corrected chi connectivity index (χ2v) is 7.89. The van der Waals surface area contributed by atoms with Crippen molar-refractivity contribution in [2.75, 3.05) is 6.54 Å². The Balaban J connectivity index is 1.46. The van der Waals surface area contributed by atoms with Crippen molar-refractivity contribution < 1.29 is 9.59 Å². The first-order valence-corrected chi connectivity index (χ1v) is 9.83. The smallest absolute Gasteiger partial charge is 0.268 e. The summed E-state index contributed by atoms with van der Waals surface area (Å²) >= 11 is 0. The van der Waals surface area contributed by atoms with Crippen molar-refractivity contribution in [1.29, 1.82) is 0 Å². The molecule has 25 heavy (non-hydrogen) atoms. The van der Waals surface area contributed by atoms with Crippen LogP contribution in [0.3, 0.4) is 0 Å². The average molecular weight is 347 g/mol. The summed E-state index contributed by atoms with van der Waals surface area (Å²) in [6.07, 6.45) is 9.68. The van der Waals surface area contributed by atoms with Gasteiger partial charge in [0.15, 0.2) is 6.17 Å². The van der Waals surface area contributed by atoms with E-state index in [0.717, 1.165) is 37.9 Å². The van der Waals surface area contributed by atoms with E-state index in [2.05, 4.69) is 20.7 Å². The Bertz CT molecular complexity index is 572. The van der Waals surface area contributed by atoms with Crippen molar-refractivity contribution in [3.63, 3.8) is 0 Å². The topological polar surface area (TPSA) is 77.0 Å². The maximum absolute atomic E-state index is 13.0. The van der Waals surface area contributed by atoms with Crippen LogP contribution in [0.25, 0.3) is 0 Å². The van der Waals surface area contributed by atoms with Crippen LogP contribution in [0.1, 0.15) is 64.7 Å². The van der Waals surface area contributed by atoms with E-state index in [1.807, 2.05) is 11.8 Å². The van der Waals surface area contributed by atoms with Crippen LogP contribution in [0.2, 0.25) is 0 Å². The first kappa shape index (κ1) is 16.7. The lowest BCUT2D eigenvalue weighted by Gasteiger charge is -2.51. The number of nitrogens with one attached hydrogen (secondary N) is 2. The molecule has 2 heterocycles. The summed E-state index contributed by atoms with van der Waals surface area (Å²) in [5.74, 6) is 0.873. The van der Waals surface area contributed by atoms with Gasteiger partial charge in [-0.15, -0.1) is 0 Å². The molecule has 2 N–H and O–H groups in total. The molecule has 1 saturated heterocycles. The van der Waals surface area contributed by atoms with Crippen molar-refractivity contribution in [1.82, 2.24) is 20.5 Å². The molecule has 0 spiro atoms. The molecular weight excluding hydrogens is 318 g/mol. The van der Waals surface area contributed by atoms with E-state index in [1.165, 1.54) is 25.7 Å². The maximum atomic E-state index is 13.0. The third kappa shape index (κ3) is 3.09. The second kappa shape index (κ2) is 6.84. The van der Waals surface area contributed by atoms with Gasteiger partial charge in [-0.25, -0.2) is 0 Å². The van der Waals surface area contributed by atoms with E-state index in [1.54, 1.807) is 0 Å². The summed E-state index contributed by atoms with van der Waals surface area (Å²) in [7, 11) is 0. The van der Waals surface area contributed by atoms with Gasteiger partial charge >= 0.3 is 0 Å². The minimum Gasteiger partial charge on any atom is -0.352 e. The monoisotopic (exact) mass is 347 g/mol. The minimum absolute atomic E-state index is 0.00587. The molecule has 0 aromatic carbocycles. The van der Waals surface area contributed by atoms with Gasteiger partial charge in [0.1, 0.15) is 12.4 Å². The van der Waals surface area contributed by atoms with E-state index < -0.39 is 6.17 Å². The van der Waals surface area contributed by atoms with E-state index in [4.69, 9.17) is 0 Å². The molecule has 0 aromatic heterocycles. The number of rotatable bonds is 3. The highest BCUT2D eigenvalue weighted by atomic mass is 16.2. The fourth-order valence-corrected chi connectivity index (χ4v) is 5.04. The summed E-state index contributed by atoms with van der Waals surface area (Å²) in [6.45, 7) is 2.14. The third-order valence-electron chi connectivity index (χ3n) is 6.25. The largest absolute Gasteiger partial charge is 0.352 e. The van der Waals surface area contributed by atoms with E-state index in [0.29, 0.717) is 0 Å². The van der Waals surface area contributed by atoms with Gasteiger partial charge in [0.25, 0.3) is 5.91 Å². The SMILES string of the molecule is CC1=NNC2C(=O)N(CC(=O)NC3CCCCC3)C3CCCCC3N12. The highest BCUT2D eigenvalue weighted by molar-refractivity contribution is 5.94. The number of hydrogen-bond donors (Lipinski definition) is 2. The fourth-order valence-electron chi connectivity index (χ4n) is 5.04. The summed E-state index contributed by atoms with van der Waals surface area (Å²) in [5, 5.41) is 7.43. The van der Waals surface area contributed by atoms with Crippen LogP contribution in [0.5, 0.6) is 0 Å². The molecule has 2 aliphatic heterocycles. The van der Waals surface area contributed by atoms with Crippen molar-refractivity contribution in [2.45, 2.75) is 89.0 Å². The van der Waals surface area contributed by atoms with E-state index in [-0.39, 0.29) is 36.5 Å². The number of hydrogen-bond acceptors (Lipinski definition) is 5. The van der Waals surface area contributed by atoms with Gasteiger partial charge in [-0.2, -0.15) is 5.10 Å². The number of fused-ring (bicyclic) bond motifs is 3. The number of nitrogens with zero attached hydrogens (tertiary/aromatic N) is 3. The predicted molar refractivity (Wildman–Crippen MR) is 94.6 cm³/mol. The summed E-state index contributed by atoms with van der Waals surface area (Å²) < 4.78 is 0. The summed E-state index contributed by atoms with van der Waals surface area (Å²) in [6, 6.07) is 0.687. The van der Waals surface area contributed by atoms with Gasteiger partial charge in [0, 0.05) is 6.04 Å². The highest BCUT2D eigenvalue weighted by Crippen LogP contribution is 2.34. The van der Waals surface area contributed by atoms with Crippen molar-refractivity contribution in [2.24, 2.45) is 5.10 Å². The first-order chi connectivity index (χ1) is 12.1. The standard InChI is InChI=1S/C18H29N5O2/c1-12-20-21-17-18(25)22(14-9-5-6-10-15(14)23(12)17)11-16(24)19-13-7-3-2-4-8-13/h13-15,17,21H,2-11H2,1H3,(H,19,24). The zero-order valence-electron chi connectivity index (χ0n) is 15.0. The van der Waals surface area contributed by atoms with Gasteiger partial charge in [0.2, 0.25) is 5.91 Å². The average Bonchev–Trinajstić information content (AvgIpc) is 3.01. The fraction of sp³-hybridized carbons (Fsp3) is 0.833. The Kier molecular flexibility index (Phi) is 4.56.